The second kappa shape index (κ2) is 15.3. The third-order valence-electron chi connectivity index (χ3n) is 9.90. The van der Waals surface area contributed by atoms with Crippen molar-refractivity contribution in [2.75, 3.05) is 26.0 Å². The van der Waals surface area contributed by atoms with Gasteiger partial charge in [-0.2, -0.15) is 0 Å². The maximum atomic E-state index is 6.94. The Kier molecular flexibility index (Phi) is 10.8. The zero-order chi connectivity index (χ0) is 32.8. The van der Waals surface area contributed by atoms with E-state index in [2.05, 4.69) is 128 Å². The number of oxazole rings is 1. The number of hydrogen-bond donors (Lipinski definition) is 1. The van der Waals surface area contributed by atoms with Crippen LogP contribution < -0.4 is 10.6 Å². The van der Waals surface area contributed by atoms with Gasteiger partial charge in [0.2, 0.25) is 5.89 Å². The quantitative estimate of drug-likeness (QED) is 0.146. The molecule has 6 heteroatoms. The fourth-order valence-corrected chi connectivity index (χ4v) is 7.74. The van der Waals surface area contributed by atoms with E-state index < -0.39 is 0 Å². The molecule has 2 N–H and O–H groups in total. The Balaban J connectivity index is 1.32. The minimum Gasteiger partial charge on any atom is -0.441 e. The molecule has 1 aromatic heterocycles. The normalized spacial score (nSPS) is 18.5. The van der Waals surface area contributed by atoms with Crippen molar-refractivity contribution < 1.29 is 4.42 Å². The number of rotatable bonds is 12. The van der Waals surface area contributed by atoms with E-state index in [1.165, 1.54) is 16.7 Å². The van der Waals surface area contributed by atoms with Crippen LogP contribution in [0.1, 0.15) is 77.8 Å². The van der Waals surface area contributed by atoms with Gasteiger partial charge < -0.3 is 20.0 Å². The Morgan fingerprint density at radius 2 is 1.26 bits per heavy atom. The van der Waals surface area contributed by atoms with Gasteiger partial charge in [-0.15, -0.1) is 0 Å². The lowest BCUT2D eigenvalue weighted by Gasteiger charge is -2.41. The van der Waals surface area contributed by atoms with Crippen molar-refractivity contribution in [1.82, 2.24) is 9.88 Å². The predicted molar refractivity (Wildman–Crippen MR) is 194 cm³/mol. The van der Waals surface area contributed by atoms with E-state index in [1.54, 1.807) is 0 Å². The molecule has 3 atom stereocenters. The molecule has 244 valence electrons. The molecule has 0 bridgehead atoms. The van der Waals surface area contributed by atoms with Gasteiger partial charge in [0, 0.05) is 30.2 Å². The molecule has 5 aromatic rings. The summed E-state index contributed by atoms with van der Waals surface area (Å²) >= 11 is 6.25. The lowest BCUT2D eigenvalue weighted by atomic mass is 9.73. The van der Waals surface area contributed by atoms with E-state index in [0.29, 0.717) is 30.7 Å². The highest BCUT2D eigenvalue weighted by molar-refractivity contribution is 6.30. The number of benzene rings is 4. The number of nitrogens with zero attached hydrogens (tertiary/aromatic N) is 3. The fraction of sp³-hybridized carbons (Fsp3) is 0.341. The van der Waals surface area contributed by atoms with Crippen LogP contribution in [-0.4, -0.2) is 31.0 Å². The Hall–Kier alpha value is -3.90. The largest absolute Gasteiger partial charge is 0.441 e. The van der Waals surface area contributed by atoms with Crippen LogP contribution in [0.25, 0.3) is 0 Å². The SMILES string of the molecule is CN(C)C(c1ccc(Cl)cc1)C1CCC(C(c2nc(Cc3ccccc3)c(C(N)Cc3ccccc3)o2)N(C)c2ccccc2)CC1. The molecule has 1 heterocycles. The maximum Gasteiger partial charge on any atom is 0.217 e. The minimum absolute atomic E-state index is 0.0149. The zero-order valence-electron chi connectivity index (χ0n) is 27.8. The van der Waals surface area contributed by atoms with Crippen LogP contribution in [0.5, 0.6) is 0 Å². The molecule has 0 amide bonds. The fourth-order valence-electron chi connectivity index (χ4n) is 7.61. The number of halogens is 1. The number of hydrogen-bond acceptors (Lipinski definition) is 5. The average Bonchev–Trinajstić information content (AvgIpc) is 3.50. The highest BCUT2D eigenvalue weighted by Crippen LogP contribution is 2.46. The number of para-hydroxylation sites is 1. The molecule has 5 nitrogen and oxygen atoms in total. The summed E-state index contributed by atoms with van der Waals surface area (Å²) < 4.78 is 6.87. The molecule has 3 unspecified atom stereocenters. The van der Waals surface area contributed by atoms with E-state index in [1.807, 2.05) is 18.2 Å². The first-order valence-corrected chi connectivity index (χ1v) is 17.3. The summed E-state index contributed by atoms with van der Waals surface area (Å²) in [5.74, 6) is 2.50. The zero-order valence-corrected chi connectivity index (χ0v) is 28.6. The third-order valence-corrected chi connectivity index (χ3v) is 10.2. The van der Waals surface area contributed by atoms with Crippen LogP contribution in [-0.2, 0) is 12.8 Å². The molecular weight excluding hydrogens is 600 g/mol. The van der Waals surface area contributed by atoms with Crippen molar-refractivity contribution in [3.8, 4) is 0 Å². The van der Waals surface area contributed by atoms with Crippen LogP contribution in [0.15, 0.2) is 120 Å². The molecule has 1 saturated carbocycles. The summed E-state index contributed by atoms with van der Waals surface area (Å²) in [7, 11) is 6.57. The summed E-state index contributed by atoms with van der Waals surface area (Å²) in [5.41, 5.74) is 12.8. The average molecular weight is 647 g/mol. The molecule has 6 rings (SSSR count). The van der Waals surface area contributed by atoms with Gasteiger partial charge in [-0.3, -0.25) is 0 Å². The van der Waals surface area contributed by atoms with Gasteiger partial charge in [0.05, 0.1) is 11.7 Å². The molecule has 1 aliphatic rings. The smallest absolute Gasteiger partial charge is 0.217 e. The van der Waals surface area contributed by atoms with E-state index in [-0.39, 0.29) is 12.1 Å². The molecule has 0 saturated heterocycles. The van der Waals surface area contributed by atoms with Crippen LogP contribution in [0.3, 0.4) is 0 Å². The number of nitrogens with two attached hydrogens (primary N) is 1. The van der Waals surface area contributed by atoms with E-state index in [4.69, 9.17) is 26.7 Å². The van der Waals surface area contributed by atoms with Crippen LogP contribution in [0.4, 0.5) is 5.69 Å². The molecule has 4 aromatic carbocycles. The Labute approximate surface area is 285 Å². The van der Waals surface area contributed by atoms with E-state index >= 15 is 0 Å². The van der Waals surface area contributed by atoms with Crippen LogP contribution in [0.2, 0.25) is 5.02 Å². The number of anilines is 1. The van der Waals surface area contributed by atoms with Crippen molar-refractivity contribution in [3.05, 3.63) is 154 Å². The summed E-state index contributed by atoms with van der Waals surface area (Å²) in [5, 5.41) is 0.780. The first-order valence-electron chi connectivity index (χ1n) is 16.9. The number of aromatic nitrogens is 1. The molecule has 47 heavy (non-hydrogen) atoms. The maximum absolute atomic E-state index is 6.94. The van der Waals surface area contributed by atoms with Crippen LogP contribution in [0, 0.1) is 11.8 Å². The van der Waals surface area contributed by atoms with Crippen molar-refractivity contribution in [3.63, 3.8) is 0 Å². The van der Waals surface area contributed by atoms with Crippen molar-refractivity contribution in [2.45, 2.75) is 56.7 Å². The van der Waals surface area contributed by atoms with Gasteiger partial charge in [-0.1, -0.05) is 103 Å². The predicted octanol–water partition coefficient (Wildman–Crippen LogP) is 9.45. The highest BCUT2D eigenvalue weighted by Gasteiger charge is 2.38. The summed E-state index contributed by atoms with van der Waals surface area (Å²) in [6, 6.07) is 40.0. The topological polar surface area (TPSA) is 58.5 Å². The minimum atomic E-state index is -0.295. The second-order valence-electron chi connectivity index (χ2n) is 13.3. The van der Waals surface area contributed by atoms with Crippen molar-refractivity contribution >= 4 is 17.3 Å². The molecule has 1 aliphatic carbocycles. The van der Waals surface area contributed by atoms with Gasteiger partial charge in [0.1, 0.15) is 11.8 Å². The monoisotopic (exact) mass is 646 g/mol. The second-order valence-corrected chi connectivity index (χ2v) is 13.8. The lowest BCUT2D eigenvalue weighted by molar-refractivity contribution is 0.135. The van der Waals surface area contributed by atoms with Gasteiger partial charge in [0.15, 0.2) is 0 Å². The van der Waals surface area contributed by atoms with E-state index in [0.717, 1.165) is 53.7 Å². The summed E-state index contributed by atoms with van der Waals surface area (Å²) in [6.07, 6.45) is 5.82. The first kappa shape index (κ1) is 33.0. The Morgan fingerprint density at radius 1 is 0.723 bits per heavy atom. The summed E-state index contributed by atoms with van der Waals surface area (Å²) in [6.45, 7) is 0. The molecule has 1 fully saturated rings. The van der Waals surface area contributed by atoms with E-state index in [9.17, 15) is 0 Å². The van der Waals surface area contributed by atoms with Gasteiger partial charge in [-0.25, -0.2) is 4.98 Å². The van der Waals surface area contributed by atoms with Gasteiger partial charge in [-0.05, 0) is 99.0 Å². The standard InChI is InChI=1S/C41H47ClN4O/c1-45(2)38(32-23-25-34(42)26-24-32)31-19-21-33(22-20-31)39(46(3)35-17-11-6-12-18-35)41-44-37(28-30-15-9-5-10-16-30)40(47-41)36(43)27-29-13-7-4-8-14-29/h4-18,23-26,31,33,36,38-39H,19-22,27-28,43H2,1-3H3. The highest BCUT2D eigenvalue weighted by atomic mass is 35.5. The van der Waals surface area contributed by atoms with Gasteiger partial charge >= 0.3 is 0 Å². The van der Waals surface area contributed by atoms with Crippen molar-refractivity contribution in [1.29, 1.82) is 0 Å². The first-order chi connectivity index (χ1) is 22.9. The molecular formula is C41H47ClN4O. The summed E-state index contributed by atoms with van der Waals surface area (Å²) in [4.78, 5) is 10.1. The Bertz CT molecular complexity index is 1670. The van der Waals surface area contributed by atoms with Crippen LogP contribution >= 0.6 is 11.6 Å². The third kappa shape index (κ3) is 7.98. The Morgan fingerprint density at radius 3 is 1.83 bits per heavy atom. The molecule has 0 aliphatic heterocycles. The lowest BCUT2D eigenvalue weighted by Crippen LogP contribution is -2.36. The van der Waals surface area contributed by atoms with Gasteiger partial charge in [0.25, 0.3) is 0 Å². The molecule has 0 radical (unpaired) electrons. The molecule has 0 spiro atoms. The van der Waals surface area contributed by atoms with Crippen molar-refractivity contribution in [2.24, 2.45) is 17.6 Å².